The molecule has 32 heavy (non-hydrogen) atoms. The fourth-order valence-electron chi connectivity index (χ4n) is 2.53. The van der Waals surface area contributed by atoms with Gasteiger partial charge in [-0.25, -0.2) is 0 Å². The molecule has 0 aliphatic heterocycles. The summed E-state index contributed by atoms with van der Waals surface area (Å²) < 4.78 is 5.17. The van der Waals surface area contributed by atoms with Gasteiger partial charge < -0.3 is 15.4 Å². The first-order chi connectivity index (χ1) is 15.2. The van der Waals surface area contributed by atoms with Crippen molar-refractivity contribution >= 4 is 29.3 Å². The van der Waals surface area contributed by atoms with Crippen molar-refractivity contribution in [3.8, 4) is 12.8 Å². The number of nitrogens with one attached hydrogen (secondary N) is 2. The maximum Gasteiger partial charge on any atom is 0.251 e. The quantitative estimate of drug-likeness (QED) is 0.316. The molecule has 0 aliphatic carbocycles. The number of carbonyl (C=O) groups is 2. The van der Waals surface area contributed by atoms with E-state index in [9.17, 15) is 9.59 Å². The number of para-hydroxylation sites is 1. The number of anilines is 1. The molecule has 5 nitrogen and oxygen atoms in total. The maximum absolute atomic E-state index is 12.4. The van der Waals surface area contributed by atoms with Gasteiger partial charge in [-0.2, -0.15) is 0 Å². The number of carbonyl (C=O) groups excluding carboxylic acids is 2. The Morgan fingerprint density at radius 1 is 1.09 bits per heavy atom. The number of hydrogen-bond acceptors (Lipinski definition) is 4. The van der Waals surface area contributed by atoms with Gasteiger partial charge >= 0.3 is 0 Å². The number of thioether (sulfide) groups is 1. The lowest BCUT2D eigenvalue weighted by molar-refractivity contribution is -0.123. The highest BCUT2D eigenvalue weighted by Gasteiger charge is 2.22. The number of benzene rings is 2. The van der Waals surface area contributed by atoms with E-state index in [0.29, 0.717) is 23.6 Å². The van der Waals surface area contributed by atoms with Crippen LogP contribution < -0.4 is 10.6 Å². The summed E-state index contributed by atoms with van der Waals surface area (Å²) in [5.74, 6) is 1.23. The molecule has 0 saturated carbocycles. The molecule has 170 valence electrons. The van der Waals surface area contributed by atoms with Gasteiger partial charge in [0.25, 0.3) is 5.91 Å². The molecule has 2 aromatic carbocycles. The van der Waals surface area contributed by atoms with Crippen molar-refractivity contribution in [1.82, 2.24) is 5.32 Å². The van der Waals surface area contributed by atoms with Gasteiger partial charge in [0.1, 0.15) is 5.76 Å². The van der Waals surface area contributed by atoms with Crippen molar-refractivity contribution in [2.45, 2.75) is 38.3 Å². The Morgan fingerprint density at radius 2 is 1.78 bits per heavy atom. The van der Waals surface area contributed by atoms with Crippen LogP contribution in [0.4, 0.5) is 5.69 Å². The lowest BCUT2D eigenvalue weighted by Gasteiger charge is -2.19. The van der Waals surface area contributed by atoms with Crippen molar-refractivity contribution in [1.29, 1.82) is 0 Å². The normalized spacial score (nSPS) is 11.0. The molecule has 0 fully saturated rings. The first-order valence-corrected chi connectivity index (χ1v) is 11.2. The average Bonchev–Trinajstić information content (AvgIpc) is 2.80. The number of ether oxygens (including phenoxy) is 1. The van der Waals surface area contributed by atoms with Crippen molar-refractivity contribution in [2.75, 3.05) is 19.0 Å². The van der Waals surface area contributed by atoms with E-state index in [1.807, 2.05) is 76.2 Å². The molecule has 2 rings (SSSR count). The van der Waals surface area contributed by atoms with Crippen molar-refractivity contribution in [2.24, 2.45) is 5.41 Å². The van der Waals surface area contributed by atoms with E-state index in [-0.39, 0.29) is 11.8 Å². The van der Waals surface area contributed by atoms with Crippen LogP contribution in [0, 0.1) is 18.3 Å². The second-order valence-electron chi connectivity index (χ2n) is 7.83. The molecule has 2 aromatic rings. The number of terminal acetylenes is 1. The third kappa shape index (κ3) is 8.52. The predicted octanol–water partition coefficient (Wildman–Crippen LogP) is 5.49. The minimum atomic E-state index is -0.463. The van der Waals surface area contributed by atoms with Crippen LogP contribution >= 0.6 is 11.8 Å². The van der Waals surface area contributed by atoms with Crippen LogP contribution in [0.25, 0.3) is 0 Å². The van der Waals surface area contributed by atoms with Gasteiger partial charge in [0.05, 0.1) is 19.3 Å². The lowest BCUT2D eigenvalue weighted by atomic mass is 9.95. The lowest BCUT2D eigenvalue weighted by Crippen LogP contribution is -2.27. The molecular weight excluding hydrogens is 420 g/mol. The summed E-state index contributed by atoms with van der Waals surface area (Å²) in [6, 6.07) is 15.3. The minimum absolute atomic E-state index is 0.0224. The van der Waals surface area contributed by atoms with Crippen LogP contribution in [-0.2, 0) is 15.3 Å². The first kappa shape index (κ1) is 26.9. The van der Waals surface area contributed by atoms with Gasteiger partial charge in [-0.1, -0.05) is 45.0 Å². The number of hydrogen-bond donors (Lipinski definition) is 2. The highest BCUT2D eigenvalue weighted by molar-refractivity contribution is 7.98. The standard InChI is InChI=1S/C24H30N2O3S.C2H2/c1-6-19(29-5)15-25-22(27)18-11-9-10-17(14-18)16-30-21-13-8-7-12-20(21)26-23(28)24(2,3)4;1-2/h6-14H,15-16H2,1-5H3,(H,25,27)(H,26,28);1-2H/b19-6-;. The minimum Gasteiger partial charge on any atom is -0.500 e. The molecule has 0 spiro atoms. The number of methoxy groups -OCH3 is 1. The topological polar surface area (TPSA) is 67.4 Å². The van der Waals surface area contributed by atoms with Crippen LogP contribution in [-0.4, -0.2) is 25.5 Å². The summed E-state index contributed by atoms with van der Waals surface area (Å²) in [7, 11) is 1.58. The number of allylic oxidation sites excluding steroid dienone is 1. The van der Waals surface area contributed by atoms with Crippen molar-refractivity contribution in [3.63, 3.8) is 0 Å². The van der Waals surface area contributed by atoms with Gasteiger partial charge in [0.15, 0.2) is 0 Å². The van der Waals surface area contributed by atoms with E-state index in [0.717, 1.165) is 16.1 Å². The summed E-state index contributed by atoms with van der Waals surface area (Å²) in [5.41, 5.74) is 1.97. The Balaban J connectivity index is 0.00000249. The van der Waals surface area contributed by atoms with Gasteiger partial charge in [0, 0.05) is 21.6 Å². The summed E-state index contributed by atoms with van der Waals surface area (Å²) >= 11 is 1.62. The largest absolute Gasteiger partial charge is 0.500 e. The number of amides is 2. The van der Waals surface area contributed by atoms with Crippen molar-refractivity contribution < 1.29 is 14.3 Å². The van der Waals surface area contributed by atoms with E-state index in [1.165, 1.54) is 0 Å². The zero-order valence-electron chi connectivity index (χ0n) is 19.4. The van der Waals surface area contributed by atoms with E-state index in [4.69, 9.17) is 4.74 Å². The summed E-state index contributed by atoms with van der Waals surface area (Å²) in [4.78, 5) is 25.8. The molecule has 0 heterocycles. The van der Waals surface area contributed by atoms with Gasteiger partial charge in [-0.3, -0.25) is 9.59 Å². The molecule has 0 bridgehead atoms. The highest BCUT2D eigenvalue weighted by Crippen LogP contribution is 2.31. The molecule has 2 amide bonds. The monoisotopic (exact) mass is 452 g/mol. The van der Waals surface area contributed by atoms with E-state index >= 15 is 0 Å². The van der Waals surface area contributed by atoms with Crippen LogP contribution in [0.15, 0.2) is 65.3 Å². The molecule has 0 radical (unpaired) electrons. The first-order valence-electron chi connectivity index (χ1n) is 10.2. The smallest absolute Gasteiger partial charge is 0.251 e. The van der Waals surface area contributed by atoms with E-state index < -0.39 is 5.41 Å². The van der Waals surface area contributed by atoms with Gasteiger partial charge in [0.2, 0.25) is 5.91 Å². The predicted molar refractivity (Wildman–Crippen MR) is 134 cm³/mol. The van der Waals surface area contributed by atoms with Crippen LogP contribution in [0.3, 0.4) is 0 Å². The molecule has 0 unspecified atom stereocenters. The van der Waals surface area contributed by atoms with Gasteiger partial charge in [-0.05, 0) is 42.8 Å². The second kappa shape index (κ2) is 13.3. The Labute approximate surface area is 196 Å². The third-order valence-corrected chi connectivity index (χ3v) is 5.55. The Morgan fingerprint density at radius 3 is 2.41 bits per heavy atom. The zero-order chi connectivity index (χ0) is 24.1. The van der Waals surface area contributed by atoms with E-state index in [2.05, 4.69) is 23.5 Å². The van der Waals surface area contributed by atoms with Crippen molar-refractivity contribution in [3.05, 3.63) is 71.5 Å². The third-order valence-electron chi connectivity index (χ3n) is 4.41. The zero-order valence-corrected chi connectivity index (χ0v) is 20.2. The summed E-state index contributed by atoms with van der Waals surface area (Å²) in [6.07, 6.45) is 9.82. The Bertz CT molecular complexity index is 959. The average molecular weight is 453 g/mol. The maximum atomic E-state index is 12.4. The van der Waals surface area contributed by atoms with E-state index in [1.54, 1.807) is 24.9 Å². The molecule has 0 saturated heterocycles. The molecule has 6 heteroatoms. The fraction of sp³-hybridized carbons (Fsp3) is 0.308. The molecule has 2 N–H and O–H groups in total. The molecule has 0 atom stereocenters. The Kier molecular flexibility index (Phi) is 11.2. The summed E-state index contributed by atoms with van der Waals surface area (Å²) in [5, 5.41) is 5.87. The number of rotatable bonds is 8. The second-order valence-corrected chi connectivity index (χ2v) is 8.85. The fourth-order valence-corrected chi connectivity index (χ4v) is 3.48. The van der Waals surface area contributed by atoms with Crippen LogP contribution in [0.1, 0.15) is 43.6 Å². The highest BCUT2D eigenvalue weighted by atomic mass is 32.2. The molecule has 0 aliphatic rings. The van der Waals surface area contributed by atoms with Gasteiger partial charge in [-0.15, -0.1) is 24.6 Å². The Hall–Kier alpha value is -3.17. The molecular formula is C26H32N2O3S. The van der Waals surface area contributed by atoms with Crippen LogP contribution in [0.2, 0.25) is 0 Å². The van der Waals surface area contributed by atoms with Crippen LogP contribution in [0.5, 0.6) is 0 Å². The SMILES string of the molecule is C#C.C/C=C(/CNC(=O)c1cccc(CSc2ccccc2NC(=O)C(C)(C)C)c1)OC. The molecule has 0 aromatic heterocycles. The summed E-state index contributed by atoms with van der Waals surface area (Å²) in [6.45, 7) is 7.89.